The first-order chi connectivity index (χ1) is 15.6. The second-order valence-corrected chi connectivity index (χ2v) is 9.37. The molecule has 0 atom stereocenters. The van der Waals surface area contributed by atoms with Crippen LogP contribution in [0.15, 0.2) is 91.3 Å². The summed E-state index contributed by atoms with van der Waals surface area (Å²) in [5.74, 6) is -0.0773. The highest BCUT2D eigenvalue weighted by Crippen LogP contribution is 2.25. The number of rotatable bonds is 8. The van der Waals surface area contributed by atoms with Crippen LogP contribution in [0.3, 0.4) is 0 Å². The Labute approximate surface area is 187 Å². The SMILES string of the molecule is OC(=CCc1ccccc1)c1ncnn1C[SiH2]C(c1ccc(F)cc1)c1ccc(F)cc1. The van der Waals surface area contributed by atoms with Gasteiger partial charge in [0.1, 0.15) is 18.0 Å². The summed E-state index contributed by atoms with van der Waals surface area (Å²) in [6.07, 6.45) is 4.36. The lowest BCUT2D eigenvalue weighted by atomic mass is 10.0. The number of aliphatic hydroxyl groups excluding tert-OH is 1. The van der Waals surface area contributed by atoms with Gasteiger partial charge in [-0.05, 0) is 59.0 Å². The van der Waals surface area contributed by atoms with Gasteiger partial charge in [0.25, 0.3) is 0 Å². The second kappa shape index (κ2) is 10.1. The van der Waals surface area contributed by atoms with E-state index >= 15 is 0 Å². The van der Waals surface area contributed by atoms with Crippen molar-refractivity contribution in [3.63, 3.8) is 0 Å². The van der Waals surface area contributed by atoms with E-state index in [-0.39, 0.29) is 22.9 Å². The summed E-state index contributed by atoms with van der Waals surface area (Å²) in [7, 11) is -0.906. The Hall–Kier alpha value is -3.58. The van der Waals surface area contributed by atoms with Gasteiger partial charge in [-0.15, -0.1) is 0 Å². The Balaban J connectivity index is 1.53. The average molecular weight is 448 g/mol. The molecule has 0 amide bonds. The summed E-state index contributed by atoms with van der Waals surface area (Å²) in [5, 5.41) is 14.9. The zero-order valence-electron chi connectivity index (χ0n) is 17.4. The fourth-order valence-corrected chi connectivity index (χ4v) is 5.75. The molecule has 4 aromatic rings. The Morgan fingerprint density at radius 1 is 0.906 bits per heavy atom. The minimum Gasteiger partial charge on any atom is -0.504 e. The van der Waals surface area contributed by atoms with Crippen LogP contribution in [-0.4, -0.2) is 29.4 Å². The zero-order valence-corrected chi connectivity index (χ0v) is 18.8. The van der Waals surface area contributed by atoms with Gasteiger partial charge in [0, 0.05) is 6.17 Å². The van der Waals surface area contributed by atoms with Gasteiger partial charge in [-0.1, -0.05) is 54.6 Å². The monoisotopic (exact) mass is 447 g/mol. The fourth-order valence-electron chi connectivity index (χ4n) is 3.71. The Morgan fingerprint density at radius 3 is 2.09 bits per heavy atom. The molecule has 4 nitrogen and oxygen atoms in total. The van der Waals surface area contributed by atoms with Crippen molar-refractivity contribution in [1.29, 1.82) is 0 Å². The van der Waals surface area contributed by atoms with Crippen molar-refractivity contribution >= 4 is 15.3 Å². The first-order valence-corrected chi connectivity index (χ1v) is 12.2. The van der Waals surface area contributed by atoms with Gasteiger partial charge in [-0.25, -0.2) is 18.4 Å². The lowest BCUT2D eigenvalue weighted by Gasteiger charge is -2.18. The molecule has 7 heteroatoms. The summed E-state index contributed by atoms with van der Waals surface area (Å²) in [6.45, 7) is 0. The van der Waals surface area contributed by atoms with Crippen molar-refractivity contribution < 1.29 is 13.9 Å². The summed E-state index contributed by atoms with van der Waals surface area (Å²) in [4.78, 5) is 4.23. The molecule has 0 saturated heterocycles. The van der Waals surface area contributed by atoms with E-state index in [9.17, 15) is 13.9 Å². The third-order valence-electron chi connectivity index (χ3n) is 5.39. The number of hydrogen-bond acceptors (Lipinski definition) is 3. The van der Waals surface area contributed by atoms with Crippen LogP contribution in [0, 0.1) is 11.6 Å². The number of hydrogen-bond donors (Lipinski definition) is 1. The molecule has 0 spiro atoms. The summed E-state index contributed by atoms with van der Waals surface area (Å²) in [5.41, 5.74) is 3.10. The van der Waals surface area contributed by atoms with Crippen molar-refractivity contribution in [2.45, 2.75) is 18.1 Å². The normalized spacial score (nSPS) is 12.2. The molecule has 1 aromatic heterocycles. The van der Waals surface area contributed by atoms with Crippen LogP contribution in [0.5, 0.6) is 0 Å². The van der Waals surface area contributed by atoms with Crippen LogP contribution in [0.2, 0.25) is 0 Å². The molecule has 0 fully saturated rings. The van der Waals surface area contributed by atoms with E-state index in [1.807, 2.05) is 30.3 Å². The third-order valence-corrected chi connectivity index (χ3v) is 7.59. The molecular weight excluding hydrogens is 424 g/mol. The Morgan fingerprint density at radius 2 is 1.50 bits per heavy atom. The summed E-state index contributed by atoms with van der Waals surface area (Å²) in [6, 6.07) is 22.7. The van der Waals surface area contributed by atoms with Crippen molar-refractivity contribution in [2.75, 3.05) is 0 Å². The number of aliphatic hydroxyl groups is 1. The maximum atomic E-state index is 13.5. The highest BCUT2D eigenvalue weighted by atomic mass is 28.2. The molecule has 3 aromatic carbocycles. The first kappa shape index (κ1) is 21.6. The number of allylic oxidation sites excluding steroid dienone is 1. The van der Waals surface area contributed by atoms with Crippen LogP contribution < -0.4 is 0 Å². The van der Waals surface area contributed by atoms with E-state index < -0.39 is 9.52 Å². The lowest BCUT2D eigenvalue weighted by Crippen LogP contribution is -2.19. The van der Waals surface area contributed by atoms with Gasteiger partial charge in [-0.3, -0.25) is 0 Å². The second-order valence-electron chi connectivity index (χ2n) is 7.53. The van der Waals surface area contributed by atoms with E-state index in [0.717, 1.165) is 16.7 Å². The van der Waals surface area contributed by atoms with Gasteiger partial charge in [0.2, 0.25) is 0 Å². The minimum atomic E-state index is -0.906. The Kier molecular flexibility index (Phi) is 6.86. The first-order valence-electron chi connectivity index (χ1n) is 10.4. The van der Waals surface area contributed by atoms with Gasteiger partial charge in [0.15, 0.2) is 11.6 Å². The molecule has 32 heavy (non-hydrogen) atoms. The van der Waals surface area contributed by atoms with Crippen LogP contribution >= 0.6 is 0 Å². The maximum absolute atomic E-state index is 13.5. The van der Waals surface area contributed by atoms with Gasteiger partial charge in [0.05, 0.1) is 9.52 Å². The van der Waals surface area contributed by atoms with Gasteiger partial charge >= 0.3 is 0 Å². The van der Waals surface area contributed by atoms with Crippen molar-refractivity contribution in [1.82, 2.24) is 14.8 Å². The van der Waals surface area contributed by atoms with Crippen molar-refractivity contribution in [2.24, 2.45) is 0 Å². The number of halogens is 2. The molecule has 0 aliphatic carbocycles. The summed E-state index contributed by atoms with van der Waals surface area (Å²) >= 11 is 0. The number of benzene rings is 3. The molecule has 0 radical (unpaired) electrons. The molecule has 0 aliphatic rings. The van der Waals surface area contributed by atoms with E-state index in [0.29, 0.717) is 18.4 Å². The van der Waals surface area contributed by atoms with E-state index in [4.69, 9.17) is 0 Å². The number of aromatic nitrogens is 3. The molecular formula is C25H23F2N3OSi. The van der Waals surface area contributed by atoms with Crippen LogP contribution in [0.4, 0.5) is 8.78 Å². The van der Waals surface area contributed by atoms with Crippen LogP contribution in [0.25, 0.3) is 5.76 Å². The molecule has 0 unspecified atom stereocenters. The fraction of sp³-hybridized carbons (Fsp3) is 0.120. The highest BCUT2D eigenvalue weighted by Gasteiger charge is 2.17. The molecule has 162 valence electrons. The predicted molar refractivity (Wildman–Crippen MR) is 124 cm³/mol. The lowest BCUT2D eigenvalue weighted by molar-refractivity contribution is 0.494. The van der Waals surface area contributed by atoms with Crippen molar-refractivity contribution in [3.05, 3.63) is 125 Å². The van der Waals surface area contributed by atoms with Crippen LogP contribution in [0.1, 0.15) is 28.1 Å². The smallest absolute Gasteiger partial charge is 0.192 e. The van der Waals surface area contributed by atoms with E-state index in [1.54, 1.807) is 35.0 Å². The average Bonchev–Trinajstić information content (AvgIpc) is 3.29. The molecule has 1 N–H and O–H groups in total. The molecule has 0 bridgehead atoms. The molecule has 0 saturated carbocycles. The molecule has 4 rings (SSSR count). The van der Waals surface area contributed by atoms with Gasteiger partial charge in [-0.2, -0.15) is 5.10 Å². The van der Waals surface area contributed by atoms with Gasteiger partial charge < -0.3 is 5.11 Å². The van der Waals surface area contributed by atoms with Crippen molar-refractivity contribution in [3.8, 4) is 0 Å². The predicted octanol–water partition coefficient (Wildman–Crippen LogP) is 4.61. The molecule has 0 aliphatic heterocycles. The Bertz CT molecular complexity index is 1130. The standard InChI is InChI=1S/C25H23F2N3OSi/c26-21-11-7-19(8-12-21)24(20-9-13-22(27)14-10-20)32-17-30-25(28-16-29-30)23(31)15-6-18-4-2-1-3-5-18/h1-5,7-16,24,31H,6,17,32H2. The van der Waals surface area contributed by atoms with E-state index in [1.165, 1.54) is 30.6 Å². The zero-order chi connectivity index (χ0) is 22.3. The quantitative estimate of drug-likeness (QED) is 0.317. The van der Waals surface area contributed by atoms with Crippen LogP contribution in [-0.2, 0) is 12.6 Å². The summed E-state index contributed by atoms with van der Waals surface area (Å²) < 4.78 is 28.6. The topological polar surface area (TPSA) is 50.9 Å². The largest absolute Gasteiger partial charge is 0.504 e. The maximum Gasteiger partial charge on any atom is 0.192 e. The third kappa shape index (κ3) is 5.36. The highest BCUT2D eigenvalue weighted by molar-refractivity contribution is 6.37. The number of nitrogens with zero attached hydrogens (tertiary/aromatic N) is 3. The minimum absolute atomic E-state index is 0.0451. The molecule has 1 heterocycles. The van der Waals surface area contributed by atoms with E-state index in [2.05, 4.69) is 10.1 Å².